The Morgan fingerprint density at radius 3 is 2.41 bits per heavy atom. The molecule has 2 aromatic rings. The van der Waals surface area contributed by atoms with Crippen LogP contribution in [0.3, 0.4) is 0 Å². The van der Waals surface area contributed by atoms with Gasteiger partial charge in [0.15, 0.2) is 0 Å². The average molecular weight is 437 g/mol. The number of benzene rings is 2. The molecule has 2 aromatic carbocycles. The first-order chi connectivity index (χ1) is 15.3. The van der Waals surface area contributed by atoms with Crippen molar-refractivity contribution in [3.63, 3.8) is 0 Å². The number of hydrogen-bond acceptors (Lipinski definition) is 5. The van der Waals surface area contributed by atoms with Crippen LogP contribution in [0.15, 0.2) is 60.7 Å². The summed E-state index contributed by atoms with van der Waals surface area (Å²) in [6, 6.07) is 14.9. The Balaban J connectivity index is 1.77. The molecular weight excluding hydrogens is 413 g/mol. The first kappa shape index (κ1) is 23.0. The number of hydrogen-bond donors (Lipinski definition) is 4. The fourth-order valence-corrected chi connectivity index (χ4v) is 3.46. The maximum absolute atomic E-state index is 13.0. The van der Waals surface area contributed by atoms with Crippen LogP contribution >= 0.6 is 0 Å². The highest BCUT2D eigenvalue weighted by molar-refractivity contribution is 6.58. The minimum Gasteiger partial charge on any atom is -0.465 e. The maximum Gasteiger partial charge on any atom is 0.488 e. The molecular formula is C22H24BN3O6. The van der Waals surface area contributed by atoms with E-state index in [0.717, 1.165) is 5.56 Å². The molecule has 0 spiro atoms. The number of amides is 3. The largest absolute Gasteiger partial charge is 0.488 e. The molecule has 0 bridgehead atoms. The predicted octanol–water partition coefficient (Wildman–Crippen LogP) is 0.281. The van der Waals surface area contributed by atoms with Crippen molar-refractivity contribution >= 4 is 42.3 Å². The summed E-state index contributed by atoms with van der Waals surface area (Å²) in [5.41, 5.74) is 1.51. The van der Waals surface area contributed by atoms with Crippen LogP contribution in [0.2, 0.25) is 0 Å². The minimum atomic E-state index is -1.64. The van der Waals surface area contributed by atoms with Gasteiger partial charge in [0.1, 0.15) is 6.54 Å². The maximum atomic E-state index is 13.0. The van der Waals surface area contributed by atoms with Gasteiger partial charge in [0, 0.05) is 24.9 Å². The molecule has 0 saturated carbocycles. The van der Waals surface area contributed by atoms with E-state index in [-0.39, 0.29) is 30.5 Å². The Bertz CT molecular complexity index is 981. The molecule has 166 valence electrons. The van der Waals surface area contributed by atoms with Crippen LogP contribution in [0.1, 0.15) is 12.0 Å². The van der Waals surface area contributed by atoms with E-state index in [1.807, 2.05) is 30.3 Å². The van der Waals surface area contributed by atoms with Crippen molar-refractivity contribution in [1.29, 1.82) is 0 Å². The van der Waals surface area contributed by atoms with Crippen LogP contribution in [0.25, 0.3) is 6.08 Å². The molecule has 1 aliphatic heterocycles. The zero-order valence-electron chi connectivity index (χ0n) is 17.3. The number of carbonyl (C=O) groups is 3. The summed E-state index contributed by atoms with van der Waals surface area (Å²) in [4.78, 5) is 39.5. The zero-order valence-corrected chi connectivity index (χ0v) is 17.3. The molecule has 32 heavy (non-hydrogen) atoms. The van der Waals surface area contributed by atoms with Gasteiger partial charge in [-0.1, -0.05) is 42.5 Å². The number of anilines is 1. The predicted molar refractivity (Wildman–Crippen MR) is 120 cm³/mol. The number of nitrogens with one attached hydrogen (secondary N) is 1. The summed E-state index contributed by atoms with van der Waals surface area (Å²) >= 11 is 0. The average Bonchev–Trinajstić information content (AvgIpc) is 3.24. The Hall–Kier alpha value is -3.63. The normalized spacial score (nSPS) is 15.6. The van der Waals surface area contributed by atoms with Gasteiger partial charge in [0.25, 0.3) is 5.91 Å². The highest BCUT2D eigenvalue weighted by Gasteiger charge is 2.29. The molecule has 3 rings (SSSR count). The van der Waals surface area contributed by atoms with E-state index in [0.29, 0.717) is 18.7 Å². The second-order valence-electron chi connectivity index (χ2n) is 7.41. The second kappa shape index (κ2) is 10.6. The first-order valence-corrected chi connectivity index (χ1v) is 10.1. The summed E-state index contributed by atoms with van der Waals surface area (Å²) in [5.74, 6) is -0.730. The summed E-state index contributed by atoms with van der Waals surface area (Å²) < 4.78 is 0. The highest BCUT2D eigenvalue weighted by atomic mass is 16.4. The Kier molecular flexibility index (Phi) is 7.64. The van der Waals surface area contributed by atoms with Gasteiger partial charge >= 0.3 is 13.2 Å². The SMILES string of the molecule is O=C(O)N[C@H]1CCN(C(=O)CN(C(=O)/C=C/c2ccccc2)c2ccc(B(O)O)cc2)C1. The van der Waals surface area contributed by atoms with Gasteiger partial charge in [-0.05, 0) is 35.7 Å². The first-order valence-electron chi connectivity index (χ1n) is 10.1. The lowest BCUT2D eigenvalue weighted by Crippen LogP contribution is -2.43. The number of rotatable bonds is 7. The summed E-state index contributed by atoms with van der Waals surface area (Å²) in [6.07, 6.45) is 2.38. The van der Waals surface area contributed by atoms with E-state index in [1.54, 1.807) is 6.08 Å². The summed E-state index contributed by atoms with van der Waals surface area (Å²) in [6.45, 7) is 0.392. The van der Waals surface area contributed by atoms with Gasteiger partial charge in [-0.3, -0.25) is 14.5 Å². The van der Waals surface area contributed by atoms with Crippen molar-refractivity contribution in [2.75, 3.05) is 24.5 Å². The molecule has 0 aliphatic carbocycles. The molecule has 0 aromatic heterocycles. The molecule has 1 aliphatic rings. The molecule has 1 fully saturated rings. The van der Waals surface area contributed by atoms with Gasteiger partial charge in [0.2, 0.25) is 5.91 Å². The van der Waals surface area contributed by atoms with Gasteiger partial charge in [-0.2, -0.15) is 0 Å². The standard InChI is InChI=1S/C22H24BN3O6/c27-20(11-6-16-4-2-1-3-5-16)26(19-9-7-17(8-10-19)23(31)32)15-21(28)25-13-12-18(14-25)24-22(29)30/h1-11,18,24,31-32H,12-15H2,(H,29,30)/b11-6+/t18-/m0/s1. The number of nitrogens with zero attached hydrogens (tertiary/aromatic N) is 2. The van der Waals surface area contributed by atoms with Crippen LogP contribution in [-0.2, 0) is 9.59 Å². The van der Waals surface area contributed by atoms with E-state index in [4.69, 9.17) is 5.11 Å². The number of likely N-dealkylation sites (tertiary alicyclic amines) is 1. The van der Waals surface area contributed by atoms with Crippen LogP contribution in [0, 0.1) is 0 Å². The molecule has 4 N–H and O–H groups in total. The fourth-order valence-electron chi connectivity index (χ4n) is 3.46. The van der Waals surface area contributed by atoms with E-state index < -0.39 is 19.1 Å². The van der Waals surface area contributed by atoms with E-state index >= 15 is 0 Å². The van der Waals surface area contributed by atoms with Crippen molar-refractivity contribution in [3.8, 4) is 0 Å². The van der Waals surface area contributed by atoms with Crippen molar-refractivity contribution in [2.45, 2.75) is 12.5 Å². The third kappa shape index (κ3) is 6.19. The quantitative estimate of drug-likeness (QED) is 0.364. The fraction of sp³-hybridized carbons (Fsp3) is 0.227. The Morgan fingerprint density at radius 1 is 1.09 bits per heavy atom. The molecule has 9 nitrogen and oxygen atoms in total. The number of carboxylic acid groups (broad SMARTS) is 1. The Morgan fingerprint density at radius 2 is 1.78 bits per heavy atom. The van der Waals surface area contributed by atoms with E-state index in [2.05, 4.69) is 5.32 Å². The van der Waals surface area contributed by atoms with Crippen molar-refractivity contribution in [1.82, 2.24) is 10.2 Å². The smallest absolute Gasteiger partial charge is 0.465 e. The van der Waals surface area contributed by atoms with Crippen molar-refractivity contribution in [2.24, 2.45) is 0 Å². The minimum absolute atomic E-state index is 0.237. The topological polar surface area (TPSA) is 130 Å². The summed E-state index contributed by atoms with van der Waals surface area (Å²) in [5, 5.41) is 29.9. The Labute approximate surface area is 185 Å². The molecule has 0 unspecified atom stereocenters. The van der Waals surface area contributed by atoms with Crippen LogP contribution in [-0.4, -0.2) is 70.8 Å². The zero-order chi connectivity index (χ0) is 23.1. The van der Waals surface area contributed by atoms with Gasteiger partial charge in [-0.25, -0.2) is 4.79 Å². The lowest BCUT2D eigenvalue weighted by molar-refractivity contribution is -0.130. The van der Waals surface area contributed by atoms with Crippen molar-refractivity contribution < 1.29 is 29.5 Å². The van der Waals surface area contributed by atoms with Crippen LogP contribution < -0.4 is 15.7 Å². The highest BCUT2D eigenvalue weighted by Crippen LogP contribution is 2.16. The molecule has 10 heteroatoms. The molecule has 0 radical (unpaired) electrons. The number of carbonyl (C=O) groups excluding carboxylic acids is 2. The van der Waals surface area contributed by atoms with Gasteiger partial charge < -0.3 is 25.4 Å². The lowest BCUT2D eigenvalue weighted by Gasteiger charge is -2.24. The van der Waals surface area contributed by atoms with Crippen molar-refractivity contribution in [3.05, 3.63) is 66.2 Å². The molecule has 1 atom stereocenters. The van der Waals surface area contributed by atoms with E-state index in [1.165, 1.54) is 40.1 Å². The van der Waals surface area contributed by atoms with Gasteiger partial charge in [0.05, 0.1) is 6.04 Å². The molecule has 1 saturated heterocycles. The van der Waals surface area contributed by atoms with E-state index in [9.17, 15) is 24.4 Å². The molecule has 1 heterocycles. The third-order valence-electron chi connectivity index (χ3n) is 5.15. The second-order valence-corrected chi connectivity index (χ2v) is 7.41. The van der Waals surface area contributed by atoms with Crippen LogP contribution in [0.5, 0.6) is 0 Å². The summed E-state index contributed by atoms with van der Waals surface area (Å²) in [7, 11) is -1.64. The van der Waals surface area contributed by atoms with Crippen LogP contribution in [0.4, 0.5) is 10.5 Å². The lowest BCUT2D eigenvalue weighted by atomic mass is 9.80. The third-order valence-corrected chi connectivity index (χ3v) is 5.15. The van der Waals surface area contributed by atoms with Gasteiger partial charge in [-0.15, -0.1) is 0 Å². The monoisotopic (exact) mass is 437 g/mol. The molecule has 3 amide bonds.